The normalized spacial score (nSPS) is 25.6. The standard InChI is InChI=1S/C13H14BrNO4S/c14-7-1-3-8(4-2-7)20-10-6-15-12(13(18)19)9(10)5-11(16)17/h1-4,9-10,12,15H,5-6H2,(H,16,17)(H,18,19)/t9-,10-,12-/m0/s1. The van der Waals surface area contributed by atoms with Gasteiger partial charge in [0.2, 0.25) is 0 Å². The molecule has 0 aromatic heterocycles. The van der Waals surface area contributed by atoms with E-state index in [0.29, 0.717) is 6.54 Å². The van der Waals surface area contributed by atoms with E-state index in [1.54, 1.807) is 0 Å². The zero-order valence-electron chi connectivity index (χ0n) is 10.5. The van der Waals surface area contributed by atoms with Gasteiger partial charge in [-0.25, -0.2) is 0 Å². The smallest absolute Gasteiger partial charge is 0.321 e. The molecule has 3 N–H and O–H groups in total. The third-order valence-corrected chi connectivity index (χ3v) is 5.11. The minimum Gasteiger partial charge on any atom is -0.481 e. The summed E-state index contributed by atoms with van der Waals surface area (Å²) >= 11 is 4.88. The summed E-state index contributed by atoms with van der Waals surface area (Å²) in [7, 11) is 0. The average molecular weight is 360 g/mol. The van der Waals surface area contributed by atoms with E-state index in [9.17, 15) is 9.59 Å². The molecular formula is C13H14BrNO4S. The van der Waals surface area contributed by atoms with E-state index < -0.39 is 23.9 Å². The molecule has 1 heterocycles. The van der Waals surface area contributed by atoms with Gasteiger partial charge < -0.3 is 15.5 Å². The Morgan fingerprint density at radius 3 is 2.50 bits per heavy atom. The molecule has 1 saturated heterocycles. The number of nitrogens with one attached hydrogen (secondary N) is 1. The summed E-state index contributed by atoms with van der Waals surface area (Å²) in [6.07, 6.45) is -0.141. The van der Waals surface area contributed by atoms with Crippen LogP contribution in [0.3, 0.4) is 0 Å². The summed E-state index contributed by atoms with van der Waals surface area (Å²) < 4.78 is 0.969. The van der Waals surface area contributed by atoms with E-state index in [1.165, 1.54) is 11.8 Å². The number of thioether (sulfide) groups is 1. The van der Waals surface area contributed by atoms with Crippen molar-refractivity contribution < 1.29 is 19.8 Å². The fourth-order valence-electron chi connectivity index (χ4n) is 2.30. The summed E-state index contributed by atoms with van der Waals surface area (Å²) in [6, 6.07) is 6.89. The molecule has 1 aromatic rings. The molecule has 0 radical (unpaired) electrons. The van der Waals surface area contributed by atoms with Crippen LogP contribution in [0.2, 0.25) is 0 Å². The van der Waals surface area contributed by atoms with E-state index in [1.807, 2.05) is 24.3 Å². The highest BCUT2D eigenvalue weighted by Crippen LogP contribution is 2.35. The monoisotopic (exact) mass is 359 g/mol. The summed E-state index contributed by atoms with van der Waals surface area (Å²) in [4.78, 5) is 23.1. The second-order valence-corrected chi connectivity index (χ2v) is 6.82. The van der Waals surface area contributed by atoms with Crippen LogP contribution >= 0.6 is 27.7 Å². The fraction of sp³-hybridized carbons (Fsp3) is 0.385. The van der Waals surface area contributed by atoms with Crippen LogP contribution in [0.5, 0.6) is 0 Å². The van der Waals surface area contributed by atoms with Gasteiger partial charge in [0.1, 0.15) is 6.04 Å². The summed E-state index contributed by atoms with van der Waals surface area (Å²) in [6.45, 7) is 0.496. The minimum atomic E-state index is -0.991. The first kappa shape index (κ1) is 15.3. The van der Waals surface area contributed by atoms with Crippen LogP contribution < -0.4 is 5.32 Å². The number of halogens is 1. The van der Waals surface area contributed by atoms with Crippen LogP contribution in [0.1, 0.15) is 6.42 Å². The number of aliphatic carboxylic acids is 2. The predicted molar refractivity (Wildman–Crippen MR) is 79.0 cm³/mol. The van der Waals surface area contributed by atoms with Gasteiger partial charge in [0, 0.05) is 27.1 Å². The second-order valence-electron chi connectivity index (χ2n) is 4.60. The highest BCUT2D eigenvalue weighted by atomic mass is 79.9. The summed E-state index contributed by atoms with van der Waals surface area (Å²) in [5.41, 5.74) is 0. The molecule has 1 aliphatic heterocycles. The zero-order chi connectivity index (χ0) is 14.7. The van der Waals surface area contributed by atoms with Crippen LogP contribution in [0.15, 0.2) is 33.6 Å². The molecule has 0 aliphatic carbocycles. The van der Waals surface area contributed by atoms with Gasteiger partial charge in [0.15, 0.2) is 0 Å². The SMILES string of the molecule is O=C(O)C[C@H]1[C@@H](Sc2ccc(Br)cc2)CN[C@@H]1C(=O)O. The third-order valence-electron chi connectivity index (χ3n) is 3.22. The highest BCUT2D eigenvalue weighted by molar-refractivity contribution is 9.10. The van der Waals surface area contributed by atoms with Gasteiger partial charge in [-0.1, -0.05) is 15.9 Å². The number of carbonyl (C=O) groups is 2. The number of hydrogen-bond acceptors (Lipinski definition) is 4. The number of carboxylic acid groups (broad SMARTS) is 2. The lowest BCUT2D eigenvalue weighted by atomic mass is 9.96. The van der Waals surface area contributed by atoms with Crippen LogP contribution in [-0.2, 0) is 9.59 Å². The lowest BCUT2D eigenvalue weighted by Crippen LogP contribution is -2.37. The van der Waals surface area contributed by atoms with E-state index >= 15 is 0 Å². The maximum absolute atomic E-state index is 11.2. The summed E-state index contributed by atoms with van der Waals surface area (Å²) in [5.74, 6) is -2.37. The Bertz CT molecular complexity index is 508. The van der Waals surface area contributed by atoms with Gasteiger partial charge >= 0.3 is 11.9 Å². The molecule has 1 aliphatic rings. The molecule has 1 aromatic carbocycles. The van der Waals surface area contributed by atoms with Crippen molar-refractivity contribution in [2.75, 3.05) is 6.54 Å². The van der Waals surface area contributed by atoms with Gasteiger partial charge in [0.05, 0.1) is 6.42 Å². The molecule has 0 amide bonds. The molecule has 108 valence electrons. The van der Waals surface area contributed by atoms with Crippen molar-refractivity contribution in [2.45, 2.75) is 22.6 Å². The molecule has 0 spiro atoms. The number of rotatable bonds is 5. The van der Waals surface area contributed by atoms with Gasteiger partial charge in [-0.2, -0.15) is 0 Å². The topological polar surface area (TPSA) is 86.6 Å². The van der Waals surface area contributed by atoms with E-state index in [0.717, 1.165) is 9.37 Å². The Kier molecular flexibility index (Phi) is 5.06. The van der Waals surface area contributed by atoms with E-state index in [-0.39, 0.29) is 11.7 Å². The van der Waals surface area contributed by atoms with Crippen LogP contribution in [0.25, 0.3) is 0 Å². The Morgan fingerprint density at radius 1 is 1.30 bits per heavy atom. The van der Waals surface area contributed by atoms with Crippen LogP contribution in [0, 0.1) is 5.92 Å². The molecule has 2 rings (SSSR count). The highest BCUT2D eigenvalue weighted by Gasteiger charge is 2.41. The Labute approximate surface area is 128 Å². The Morgan fingerprint density at radius 2 is 1.95 bits per heavy atom. The molecular weight excluding hydrogens is 346 g/mol. The second kappa shape index (κ2) is 6.60. The van der Waals surface area contributed by atoms with Crippen molar-refractivity contribution in [1.29, 1.82) is 0 Å². The molecule has 3 atom stereocenters. The first-order valence-corrected chi connectivity index (χ1v) is 7.75. The number of benzene rings is 1. The van der Waals surface area contributed by atoms with Crippen molar-refractivity contribution in [3.8, 4) is 0 Å². The Balaban J connectivity index is 2.11. The van der Waals surface area contributed by atoms with Gasteiger partial charge in [-0.15, -0.1) is 11.8 Å². The van der Waals surface area contributed by atoms with Crippen LogP contribution in [0.4, 0.5) is 0 Å². The van der Waals surface area contributed by atoms with Crippen LogP contribution in [-0.4, -0.2) is 40.0 Å². The number of carboxylic acids is 2. The summed E-state index contributed by atoms with van der Waals surface area (Å²) in [5, 5.41) is 20.9. The van der Waals surface area contributed by atoms with Gasteiger partial charge in [0.25, 0.3) is 0 Å². The maximum Gasteiger partial charge on any atom is 0.321 e. The number of hydrogen-bond donors (Lipinski definition) is 3. The first-order valence-electron chi connectivity index (χ1n) is 6.07. The quantitative estimate of drug-likeness (QED) is 0.745. The average Bonchev–Trinajstić information content (AvgIpc) is 2.75. The van der Waals surface area contributed by atoms with Crippen molar-refractivity contribution in [1.82, 2.24) is 5.32 Å². The molecule has 5 nitrogen and oxygen atoms in total. The maximum atomic E-state index is 11.2. The molecule has 7 heteroatoms. The Hall–Kier alpha value is -1.05. The minimum absolute atomic E-state index is 0.0617. The van der Waals surface area contributed by atoms with E-state index in [2.05, 4.69) is 21.2 Å². The van der Waals surface area contributed by atoms with E-state index in [4.69, 9.17) is 10.2 Å². The van der Waals surface area contributed by atoms with Crippen molar-refractivity contribution in [2.24, 2.45) is 5.92 Å². The van der Waals surface area contributed by atoms with Gasteiger partial charge in [-0.05, 0) is 24.3 Å². The largest absolute Gasteiger partial charge is 0.481 e. The molecule has 1 fully saturated rings. The third kappa shape index (κ3) is 3.74. The molecule has 0 bridgehead atoms. The van der Waals surface area contributed by atoms with Crippen molar-refractivity contribution >= 4 is 39.6 Å². The van der Waals surface area contributed by atoms with Gasteiger partial charge in [-0.3, -0.25) is 9.59 Å². The molecule has 20 heavy (non-hydrogen) atoms. The van der Waals surface area contributed by atoms with Crippen molar-refractivity contribution in [3.63, 3.8) is 0 Å². The molecule has 0 saturated carbocycles. The lowest BCUT2D eigenvalue weighted by molar-refractivity contribution is -0.141. The fourth-order valence-corrected chi connectivity index (χ4v) is 3.81. The zero-order valence-corrected chi connectivity index (χ0v) is 12.9. The lowest BCUT2D eigenvalue weighted by Gasteiger charge is -2.19. The van der Waals surface area contributed by atoms with Crippen molar-refractivity contribution in [3.05, 3.63) is 28.7 Å². The first-order chi connectivity index (χ1) is 9.47. The predicted octanol–water partition coefficient (Wildman–Crippen LogP) is 2.06. The molecule has 0 unspecified atom stereocenters.